The fourth-order valence-electron chi connectivity index (χ4n) is 3.57. The first-order valence-corrected chi connectivity index (χ1v) is 7.95. The van der Waals surface area contributed by atoms with E-state index in [4.69, 9.17) is 4.74 Å². The molecular weight excluding hydrogens is 244 g/mol. The van der Waals surface area contributed by atoms with Crippen LogP contribution in [0.1, 0.15) is 55.8 Å². The van der Waals surface area contributed by atoms with Gasteiger partial charge in [0.05, 0.1) is 6.61 Å². The van der Waals surface area contributed by atoms with Gasteiger partial charge in [-0.1, -0.05) is 50.1 Å². The minimum absolute atomic E-state index is 0.360. The molecule has 104 valence electrons. The third kappa shape index (κ3) is 2.35. The average Bonchev–Trinajstić information content (AvgIpc) is 3.32. The molecule has 4 rings (SSSR count). The van der Waals surface area contributed by atoms with Crippen LogP contribution in [0.3, 0.4) is 0 Å². The highest BCUT2D eigenvalue weighted by molar-refractivity contribution is 5.84. The second-order valence-corrected chi connectivity index (χ2v) is 6.64. The Morgan fingerprint density at radius 1 is 0.850 bits per heavy atom. The predicted octanol–water partition coefficient (Wildman–Crippen LogP) is 5.20. The number of fused-ring (bicyclic) bond motifs is 1. The molecule has 0 N–H and O–H groups in total. The Hall–Kier alpha value is -1.34. The normalized spacial score (nSPS) is 29.6. The van der Waals surface area contributed by atoms with Crippen molar-refractivity contribution in [3.8, 4) is 0 Å². The van der Waals surface area contributed by atoms with Gasteiger partial charge in [-0.15, -0.1) is 0 Å². The van der Waals surface area contributed by atoms with E-state index >= 15 is 0 Å². The second kappa shape index (κ2) is 4.89. The van der Waals surface area contributed by atoms with Gasteiger partial charge in [-0.3, -0.25) is 0 Å². The first kappa shape index (κ1) is 12.4. The Kier molecular flexibility index (Phi) is 3.03. The lowest BCUT2D eigenvalue weighted by atomic mass is 9.79. The Morgan fingerprint density at radius 2 is 1.45 bits per heavy atom. The molecule has 1 saturated carbocycles. The van der Waals surface area contributed by atoms with Crippen LogP contribution in [-0.2, 0) is 4.74 Å². The number of ether oxygens (including phenoxy) is 1. The Bertz CT molecular complexity index is 619. The summed E-state index contributed by atoms with van der Waals surface area (Å²) in [5.41, 5.74) is 2.87. The van der Waals surface area contributed by atoms with Gasteiger partial charge in [-0.25, -0.2) is 0 Å². The molecule has 1 atom stereocenters. The van der Waals surface area contributed by atoms with E-state index in [1.54, 1.807) is 5.56 Å². The van der Waals surface area contributed by atoms with Gasteiger partial charge >= 0.3 is 0 Å². The molecule has 1 heterocycles. The highest BCUT2D eigenvalue weighted by Crippen LogP contribution is 2.37. The van der Waals surface area contributed by atoms with Gasteiger partial charge < -0.3 is 4.74 Å². The summed E-state index contributed by atoms with van der Waals surface area (Å²) in [7, 11) is 0. The second-order valence-electron chi connectivity index (χ2n) is 6.64. The van der Waals surface area contributed by atoms with Crippen LogP contribution in [0.15, 0.2) is 36.4 Å². The Morgan fingerprint density at radius 3 is 2.10 bits per heavy atom. The van der Waals surface area contributed by atoms with Crippen molar-refractivity contribution < 1.29 is 4.74 Å². The first-order chi connectivity index (χ1) is 9.79. The number of benzene rings is 2. The molecule has 0 spiro atoms. The number of hydrogen-bond acceptors (Lipinski definition) is 1. The molecule has 2 aromatic rings. The third-order valence-corrected chi connectivity index (χ3v) is 5.08. The van der Waals surface area contributed by atoms with Gasteiger partial charge in [0, 0.05) is 0 Å². The molecular formula is C19H22O. The summed E-state index contributed by atoms with van der Waals surface area (Å²) in [5.74, 6) is 1.70. The van der Waals surface area contributed by atoms with Crippen molar-refractivity contribution >= 4 is 10.8 Å². The van der Waals surface area contributed by atoms with Gasteiger partial charge in [0.2, 0.25) is 0 Å². The van der Waals surface area contributed by atoms with E-state index in [9.17, 15) is 0 Å². The SMILES string of the molecule is CC1CCC(c2ccc3cc([C@@H]4CO4)ccc3c2)CC1. The molecule has 2 aromatic carbocycles. The van der Waals surface area contributed by atoms with Crippen LogP contribution in [0.4, 0.5) is 0 Å². The van der Waals surface area contributed by atoms with Crippen molar-refractivity contribution in [3.05, 3.63) is 47.5 Å². The molecule has 2 aliphatic rings. The molecule has 1 nitrogen and oxygen atoms in total. The molecule has 1 saturated heterocycles. The summed E-state index contributed by atoms with van der Waals surface area (Å²) in [5, 5.41) is 2.73. The highest BCUT2D eigenvalue weighted by Gasteiger charge is 2.25. The average molecular weight is 266 g/mol. The van der Waals surface area contributed by atoms with Crippen molar-refractivity contribution in [1.29, 1.82) is 0 Å². The maximum Gasteiger partial charge on any atom is 0.106 e. The standard InChI is InChI=1S/C19H22O/c1-13-2-4-14(5-3-13)15-6-7-17-11-18(19-12-20-19)9-8-16(17)10-15/h6-11,13-14,19H,2-5,12H2,1H3/t13?,14?,19-/m0/s1. The molecule has 0 unspecified atom stereocenters. The molecule has 0 radical (unpaired) electrons. The van der Waals surface area contributed by atoms with Crippen LogP contribution in [0.5, 0.6) is 0 Å². The van der Waals surface area contributed by atoms with Gasteiger partial charge in [0.15, 0.2) is 0 Å². The van der Waals surface area contributed by atoms with Gasteiger partial charge in [-0.05, 0) is 52.6 Å². The van der Waals surface area contributed by atoms with Crippen molar-refractivity contribution in [2.75, 3.05) is 6.61 Å². The lowest BCUT2D eigenvalue weighted by Gasteiger charge is -2.26. The van der Waals surface area contributed by atoms with Crippen molar-refractivity contribution in [1.82, 2.24) is 0 Å². The highest BCUT2D eigenvalue weighted by atomic mass is 16.6. The molecule has 0 amide bonds. The lowest BCUT2D eigenvalue weighted by molar-refractivity contribution is 0.348. The maximum absolute atomic E-state index is 5.37. The van der Waals surface area contributed by atoms with E-state index in [2.05, 4.69) is 43.3 Å². The van der Waals surface area contributed by atoms with Crippen LogP contribution in [0.2, 0.25) is 0 Å². The molecule has 1 aliphatic heterocycles. The van der Waals surface area contributed by atoms with E-state index in [1.807, 2.05) is 0 Å². The zero-order chi connectivity index (χ0) is 13.5. The first-order valence-electron chi connectivity index (χ1n) is 7.95. The van der Waals surface area contributed by atoms with E-state index in [-0.39, 0.29) is 0 Å². The zero-order valence-corrected chi connectivity index (χ0v) is 12.1. The van der Waals surface area contributed by atoms with Crippen LogP contribution in [0.25, 0.3) is 10.8 Å². The Balaban J connectivity index is 1.63. The summed E-state index contributed by atoms with van der Waals surface area (Å²) in [4.78, 5) is 0. The van der Waals surface area contributed by atoms with Gasteiger partial charge in [0.1, 0.15) is 6.10 Å². The molecule has 2 fully saturated rings. The number of rotatable bonds is 2. The molecule has 0 bridgehead atoms. The minimum atomic E-state index is 0.360. The largest absolute Gasteiger partial charge is 0.368 e. The molecule has 20 heavy (non-hydrogen) atoms. The minimum Gasteiger partial charge on any atom is -0.368 e. The quantitative estimate of drug-likeness (QED) is 0.680. The predicted molar refractivity (Wildman–Crippen MR) is 83.0 cm³/mol. The fraction of sp³-hybridized carbons (Fsp3) is 0.474. The van der Waals surface area contributed by atoms with Crippen molar-refractivity contribution in [2.24, 2.45) is 5.92 Å². The van der Waals surface area contributed by atoms with Crippen LogP contribution in [0, 0.1) is 5.92 Å². The van der Waals surface area contributed by atoms with Crippen LogP contribution in [-0.4, -0.2) is 6.61 Å². The summed E-state index contributed by atoms with van der Waals surface area (Å²) >= 11 is 0. The number of epoxide rings is 1. The summed E-state index contributed by atoms with van der Waals surface area (Å²) in [6.45, 7) is 3.28. The summed E-state index contributed by atoms with van der Waals surface area (Å²) in [6.07, 6.45) is 5.86. The summed E-state index contributed by atoms with van der Waals surface area (Å²) < 4.78 is 5.37. The van der Waals surface area contributed by atoms with E-state index in [1.165, 1.54) is 42.0 Å². The number of hydrogen-bond donors (Lipinski definition) is 0. The topological polar surface area (TPSA) is 12.5 Å². The van der Waals surface area contributed by atoms with E-state index in [0.717, 1.165) is 18.4 Å². The van der Waals surface area contributed by atoms with Crippen molar-refractivity contribution in [3.63, 3.8) is 0 Å². The molecule has 0 aromatic heterocycles. The monoisotopic (exact) mass is 266 g/mol. The van der Waals surface area contributed by atoms with E-state index < -0.39 is 0 Å². The molecule has 1 heteroatoms. The van der Waals surface area contributed by atoms with Gasteiger partial charge in [0.25, 0.3) is 0 Å². The van der Waals surface area contributed by atoms with Gasteiger partial charge in [-0.2, -0.15) is 0 Å². The lowest BCUT2D eigenvalue weighted by Crippen LogP contribution is -2.10. The fourth-order valence-corrected chi connectivity index (χ4v) is 3.57. The molecule has 1 aliphatic carbocycles. The summed E-state index contributed by atoms with van der Waals surface area (Å²) in [6, 6.07) is 13.8. The van der Waals surface area contributed by atoms with Crippen LogP contribution < -0.4 is 0 Å². The Labute approximate surface area is 120 Å². The van der Waals surface area contributed by atoms with Crippen molar-refractivity contribution in [2.45, 2.75) is 44.6 Å². The third-order valence-electron chi connectivity index (χ3n) is 5.08. The van der Waals surface area contributed by atoms with E-state index in [0.29, 0.717) is 6.10 Å². The zero-order valence-electron chi connectivity index (χ0n) is 12.1. The smallest absolute Gasteiger partial charge is 0.106 e. The van der Waals surface area contributed by atoms with Crippen LogP contribution >= 0.6 is 0 Å². The maximum atomic E-state index is 5.37.